The highest BCUT2D eigenvalue weighted by molar-refractivity contribution is 7.91. The monoisotopic (exact) mass is 450 g/mol. The number of benzene rings is 2. The number of amides is 1. The van der Waals surface area contributed by atoms with Gasteiger partial charge in [-0.15, -0.1) is 6.42 Å². The normalized spacial score (nSPS) is 12.2. The van der Waals surface area contributed by atoms with Crippen LogP contribution in [-0.2, 0) is 21.2 Å². The van der Waals surface area contributed by atoms with Gasteiger partial charge in [-0.05, 0) is 48.9 Å². The molecule has 3 aromatic rings. The maximum atomic E-state index is 13.0. The zero-order valence-electron chi connectivity index (χ0n) is 15.1. The minimum Gasteiger partial charge on any atom is -0.305 e. The first-order valence-electron chi connectivity index (χ1n) is 8.58. The smallest absolute Gasteiger partial charge is 0.248 e. The summed E-state index contributed by atoms with van der Waals surface area (Å²) in [6.07, 6.45) is 5.49. The number of aromatic nitrogens is 1. The second-order valence-electron chi connectivity index (χ2n) is 6.17. The number of fused-ring (bicyclic) bond motifs is 1. The second kappa shape index (κ2) is 8.91. The van der Waals surface area contributed by atoms with Gasteiger partial charge in [-0.3, -0.25) is 4.79 Å². The predicted octanol–water partition coefficient (Wildman–Crippen LogP) is 3.81. The van der Waals surface area contributed by atoms with Crippen LogP contribution in [0.2, 0.25) is 5.02 Å². The molecule has 29 heavy (non-hydrogen) atoms. The lowest BCUT2D eigenvalue weighted by molar-refractivity contribution is -0.118. The first-order chi connectivity index (χ1) is 13.8. The Morgan fingerprint density at radius 1 is 1.24 bits per heavy atom. The van der Waals surface area contributed by atoms with Gasteiger partial charge in [-0.1, -0.05) is 28.9 Å². The van der Waals surface area contributed by atoms with Crippen LogP contribution in [0.3, 0.4) is 0 Å². The molecule has 150 valence electrons. The highest BCUT2D eigenvalue weighted by Gasteiger charge is 2.15. The van der Waals surface area contributed by atoms with E-state index in [-0.39, 0.29) is 30.0 Å². The number of sulfone groups is 1. The number of hydrogen-bond donors (Lipinski definition) is 0. The highest BCUT2D eigenvalue weighted by Crippen LogP contribution is 2.22. The van der Waals surface area contributed by atoms with Gasteiger partial charge >= 0.3 is 0 Å². The van der Waals surface area contributed by atoms with E-state index in [2.05, 4.69) is 10.9 Å². The van der Waals surface area contributed by atoms with Gasteiger partial charge in [-0.25, -0.2) is 12.8 Å². The molecule has 2 aromatic carbocycles. The van der Waals surface area contributed by atoms with Crippen LogP contribution in [0.1, 0.15) is 12.8 Å². The Balaban J connectivity index is 1.75. The van der Waals surface area contributed by atoms with E-state index in [0.717, 1.165) is 22.3 Å². The Morgan fingerprint density at radius 3 is 2.66 bits per heavy atom. The third-order valence-electron chi connectivity index (χ3n) is 4.09. The molecule has 0 radical (unpaired) electrons. The van der Waals surface area contributed by atoms with E-state index in [1.54, 1.807) is 16.7 Å². The topological polar surface area (TPSA) is 68.5 Å². The van der Waals surface area contributed by atoms with Gasteiger partial charge in [0.25, 0.3) is 0 Å². The van der Waals surface area contributed by atoms with E-state index in [0.29, 0.717) is 9.82 Å². The Labute approximate surface area is 176 Å². The number of terminal acetylenes is 1. The summed E-state index contributed by atoms with van der Waals surface area (Å²) in [5.41, 5.74) is 0.822. The Kier molecular flexibility index (Phi) is 6.52. The van der Waals surface area contributed by atoms with Crippen LogP contribution in [0.15, 0.2) is 52.4 Å². The maximum absolute atomic E-state index is 13.0. The summed E-state index contributed by atoms with van der Waals surface area (Å²) in [6, 6.07) is 9.91. The van der Waals surface area contributed by atoms with Gasteiger partial charge in [0.05, 0.1) is 27.4 Å². The molecule has 1 amide bonds. The molecule has 0 spiro atoms. The number of halogens is 2. The molecule has 1 heterocycles. The van der Waals surface area contributed by atoms with Crippen LogP contribution < -0.4 is 4.80 Å². The van der Waals surface area contributed by atoms with Gasteiger partial charge in [0.1, 0.15) is 5.82 Å². The van der Waals surface area contributed by atoms with E-state index in [1.807, 2.05) is 6.07 Å². The Morgan fingerprint density at radius 2 is 1.97 bits per heavy atom. The first-order valence-corrected chi connectivity index (χ1v) is 11.4. The van der Waals surface area contributed by atoms with Gasteiger partial charge < -0.3 is 4.57 Å². The van der Waals surface area contributed by atoms with E-state index < -0.39 is 21.6 Å². The molecule has 0 aliphatic carbocycles. The molecule has 0 saturated carbocycles. The van der Waals surface area contributed by atoms with Crippen molar-refractivity contribution in [1.29, 1.82) is 0 Å². The fourth-order valence-corrected chi connectivity index (χ4v) is 5.35. The fourth-order valence-electron chi connectivity index (χ4n) is 2.71. The summed E-state index contributed by atoms with van der Waals surface area (Å²) in [4.78, 5) is 16.9. The molecule has 5 nitrogen and oxygen atoms in total. The molecule has 1 aromatic heterocycles. The average Bonchev–Trinajstić information content (AvgIpc) is 2.98. The molecule has 0 saturated heterocycles. The fraction of sp³-hybridized carbons (Fsp3) is 0.200. The maximum Gasteiger partial charge on any atom is 0.248 e. The molecule has 9 heteroatoms. The number of thiazole rings is 1. The predicted molar refractivity (Wildman–Crippen MR) is 112 cm³/mol. The van der Waals surface area contributed by atoms with Crippen molar-refractivity contribution in [2.75, 3.05) is 5.75 Å². The molecule has 3 rings (SSSR count). The van der Waals surface area contributed by atoms with E-state index in [9.17, 15) is 17.6 Å². The standard InChI is InChI=1S/C20H16ClFN2O3S2/c1-2-11-24-17-10-5-14(21)13-18(17)28-20(24)23-19(25)4-3-12-29(26,27)16-8-6-15(22)7-9-16/h1,5-10,13H,3-4,11-12H2. The van der Waals surface area contributed by atoms with Gasteiger partial charge in [0, 0.05) is 11.4 Å². The summed E-state index contributed by atoms with van der Waals surface area (Å²) >= 11 is 7.30. The van der Waals surface area contributed by atoms with Gasteiger partial charge in [0.2, 0.25) is 5.91 Å². The van der Waals surface area contributed by atoms with Crippen LogP contribution in [0.4, 0.5) is 4.39 Å². The van der Waals surface area contributed by atoms with Crippen molar-refractivity contribution in [3.05, 3.63) is 58.1 Å². The van der Waals surface area contributed by atoms with Crippen molar-refractivity contribution in [1.82, 2.24) is 4.57 Å². The molecular formula is C20H16ClFN2O3S2. The lowest BCUT2D eigenvalue weighted by atomic mass is 10.3. The first kappa shape index (κ1) is 21.2. The minimum absolute atomic E-state index is 0.0246. The third kappa shape index (κ3) is 5.12. The van der Waals surface area contributed by atoms with E-state index in [1.165, 1.54) is 23.5 Å². The van der Waals surface area contributed by atoms with Crippen molar-refractivity contribution in [2.24, 2.45) is 4.99 Å². The number of carbonyl (C=O) groups excluding carboxylic acids is 1. The molecule has 0 aliphatic rings. The zero-order chi connectivity index (χ0) is 21.0. The van der Waals surface area contributed by atoms with E-state index >= 15 is 0 Å². The van der Waals surface area contributed by atoms with Crippen molar-refractivity contribution < 1.29 is 17.6 Å². The van der Waals surface area contributed by atoms with Crippen molar-refractivity contribution in [3.8, 4) is 12.3 Å². The number of hydrogen-bond acceptors (Lipinski definition) is 4. The molecule has 0 bridgehead atoms. The summed E-state index contributed by atoms with van der Waals surface area (Å²) in [7, 11) is -3.59. The van der Waals surface area contributed by atoms with Crippen molar-refractivity contribution >= 4 is 48.9 Å². The number of carbonyl (C=O) groups is 1. The average molecular weight is 451 g/mol. The molecule has 0 atom stereocenters. The lowest BCUT2D eigenvalue weighted by Gasteiger charge is -2.03. The number of rotatable bonds is 6. The SMILES string of the molecule is C#CCn1c(=NC(=O)CCCS(=O)(=O)c2ccc(F)cc2)sc2cc(Cl)ccc21. The summed E-state index contributed by atoms with van der Waals surface area (Å²) in [5.74, 6) is 1.35. The van der Waals surface area contributed by atoms with Crippen LogP contribution in [0.25, 0.3) is 10.2 Å². The van der Waals surface area contributed by atoms with Crippen LogP contribution in [0, 0.1) is 18.2 Å². The van der Waals surface area contributed by atoms with Crippen LogP contribution in [-0.4, -0.2) is 24.6 Å². The van der Waals surface area contributed by atoms with Crippen LogP contribution >= 0.6 is 22.9 Å². The van der Waals surface area contributed by atoms with Crippen molar-refractivity contribution in [3.63, 3.8) is 0 Å². The van der Waals surface area contributed by atoms with Crippen molar-refractivity contribution in [2.45, 2.75) is 24.3 Å². The second-order valence-corrected chi connectivity index (χ2v) is 9.72. The Bertz CT molecular complexity index is 1270. The largest absolute Gasteiger partial charge is 0.305 e. The molecule has 0 fully saturated rings. The zero-order valence-corrected chi connectivity index (χ0v) is 17.5. The summed E-state index contributed by atoms with van der Waals surface area (Å²) in [5, 5.41) is 0.565. The molecular weight excluding hydrogens is 435 g/mol. The highest BCUT2D eigenvalue weighted by atomic mass is 35.5. The molecule has 0 aliphatic heterocycles. The molecule has 0 N–H and O–H groups in total. The van der Waals surface area contributed by atoms with Crippen LogP contribution in [0.5, 0.6) is 0 Å². The molecule has 0 unspecified atom stereocenters. The van der Waals surface area contributed by atoms with E-state index in [4.69, 9.17) is 18.0 Å². The minimum atomic E-state index is -3.59. The summed E-state index contributed by atoms with van der Waals surface area (Å²) in [6.45, 7) is 0.243. The summed E-state index contributed by atoms with van der Waals surface area (Å²) < 4.78 is 40.1. The third-order valence-corrected chi connectivity index (χ3v) is 7.18. The number of nitrogens with zero attached hydrogens (tertiary/aromatic N) is 2. The van der Waals surface area contributed by atoms with Gasteiger partial charge in [-0.2, -0.15) is 4.99 Å². The quantitative estimate of drug-likeness (QED) is 0.423. The Hall–Kier alpha value is -2.47. The van der Waals surface area contributed by atoms with Gasteiger partial charge in [0.15, 0.2) is 14.6 Å². The lowest BCUT2D eigenvalue weighted by Crippen LogP contribution is -2.16.